The molecule has 0 aliphatic heterocycles. The summed E-state index contributed by atoms with van der Waals surface area (Å²) in [6, 6.07) is 8.32. The molecule has 0 radical (unpaired) electrons. The number of amides is 3. The van der Waals surface area contributed by atoms with E-state index >= 15 is 0 Å². The molecule has 0 saturated carbocycles. The number of aliphatic carboxylic acids is 1. The van der Waals surface area contributed by atoms with Gasteiger partial charge in [0, 0.05) is 27.2 Å². The van der Waals surface area contributed by atoms with Crippen LogP contribution in [0.3, 0.4) is 0 Å². The molecular formula is C32H29Cl2F2N13O5. The molecule has 2 aromatic carbocycles. The van der Waals surface area contributed by atoms with E-state index in [-0.39, 0.29) is 70.4 Å². The van der Waals surface area contributed by atoms with E-state index in [4.69, 9.17) is 28.3 Å². The highest BCUT2D eigenvalue weighted by molar-refractivity contribution is 6.31. The Labute approximate surface area is 313 Å². The van der Waals surface area contributed by atoms with E-state index in [1.807, 2.05) is 0 Å². The Morgan fingerprint density at radius 3 is 1.57 bits per heavy atom. The maximum atomic E-state index is 13.2. The van der Waals surface area contributed by atoms with Crippen LogP contribution in [0.2, 0.25) is 10.0 Å². The monoisotopic (exact) mass is 783 g/mol. The molecule has 4 aromatic heterocycles. The summed E-state index contributed by atoms with van der Waals surface area (Å²) < 4.78 is 26.4. The Kier molecular flexibility index (Phi) is 12.4. The Morgan fingerprint density at radius 2 is 1.17 bits per heavy atom. The van der Waals surface area contributed by atoms with Crippen molar-refractivity contribution in [2.45, 2.75) is 13.1 Å². The molecule has 18 nitrogen and oxygen atoms in total. The number of nitrogens with one attached hydrogen (secondary N) is 6. The average molecular weight is 785 g/mol. The number of fused-ring (bicyclic) bond motifs is 2. The number of carboxylic acid groups (broad SMARTS) is 1. The first-order chi connectivity index (χ1) is 25.8. The lowest BCUT2D eigenvalue weighted by Gasteiger charge is -2.10. The summed E-state index contributed by atoms with van der Waals surface area (Å²) in [5.74, 6) is -2.71. The summed E-state index contributed by atoms with van der Waals surface area (Å²) in [5, 5.41) is 32.7. The van der Waals surface area contributed by atoms with Crippen LogP contribution in [0.4, 0.5) is 20.4 Å². The third-order valence-corrected chi connectivity index (χ3v) is 7.90. The van der Waals surface area contributed by atoms with E-state index in [0.29, 0.717) is 28.0 Å². The number of halogens is 4. The maximum Gasteiger partial charge on any atom is 0.322 e. The maximum absolute atomic E-state index is 13.2. The van der Waals surface area contributed by atoms with Gasteiger partial charge in [-0.3, -0.25) is 29.4 Å². The van der Waals surface area contributed by atoms with Crippen molar-refractivity contribution < 1.29 is 33.1 Å². The SMILES string of the molecule is CN(C)C(=O)CNc1n[nH]c2c(C(=O)NCc3ccc(F)c(Cl)c3)ncnc12.O=C(O)CNc1n[nH]c2c(C(=O)NCc3ccc(F)c(Cl)c3)ncnc12. The number of anilines is 2. The van der Waals surface area contributed by atoms with E-state index in [1.54, 1.807) is 14.1 Å². The van der Waals surface area contributed by atoms with Crippen LogP contribution >= 0.6 is 23.2 Å². The van der Waals surface area contributed by atoms with Crippen molar-refractivity contribution in [1.29, 1.82) is 0 Å². The number of nitrogens with zero attached hydrogens (tertiary/aromatic N) is 7. The first-order valence-electron chi connectivity index (χ1n) is 15.5. The topological polar surface area (TPSA) is 249 Å². The number of benzene rings is 2. The van der Waals surface area contributed by atoms with Gasteiger partial charge in [-0.25, -0.2) is 28.7 Å². The van der Waals surface area contributed by atoms with Crippen molar-refractivity contribution >= 4 is 80.6 Å². The van der Waals surface area contributed by atoms with Crippen molar-refractivity contribution in [2.75, 3.05) is 37.8 Å². The third kappa shape index (κ3) is 9.46. The number of carbonyl (C=O) groups is 4. The molecule has 0 atom stereocenters. The molecule has 0 aliphatic carbocycles. The second kappa shape index (κ2) is 17.3. The smallest absolute Gasteiger partial charge is 0.322 e. The Bertz CT molecular complexity index is 2360. The predicted octanol–water partition coefficient (Wildman–Crippen LogP) is 3.15. The van der Waals surface area contributed by atoms with Gasteiger partial charge in [0.2, 0.25) is 5.91 Å². The Balaban J connectivity index is 0.000000208. The highest BCUT2D eigenvalue weighted by Gasteiger charge is 2.19. The molecule has 7 N–H and O–H groups in total. The van der Waals surface area contributed by atoms with Gasteiger partial charge >= 0.3 is 5.97 Å². The second-order valence-corrected chi connectivity index (χ2v) is 12.1. The first kappa shape index (κ1) is 38.7. The van der Waals surface area contributed by atoms with E-state index in [1.165, 1.54) is 54.0 Å². The number of hydrogen-bond donors (Lipinski definition) is 7. The first-order valence-corrected chi connectivity index (χ1v) is 16.3. The van der Waals surface area contributed by atoms with Gasteiger partial charge in [0.25, 0.3) is 11.8 Å². The second-order valence-electron chi connectivity index (χ2n) is 11.3. The number of rotatable bonds is 12. The number of aromatic nitrogens is 8. The lowest BCUT2D eigenvalue weighted by molar-refractivity contribution is -0.135. The lowest BCUT2D eigenvalue weighted by Crippen LogP contribution is -2.28. The van der Waals surface area contributed by atoms with E-state index in [2.05, 4.69) is 61.6 Å². The fourth-order valence-electron chi connectivity index (χ4n) is 4.57. The van der Waals surface area contributed by atoms with Gasteiger partial charge in [0.1, 0.15) is 52.9 Å². The highest BCUT2D eigenvalue weighted by atomic mass is 35.5. The minimum absolute atomic E-state index is 0.0206. The van der Waals surface area contributed by atoms with Crippen molar-refractivity contribution in [1.82, 2.24) is 55.9 Å². The van der Waals surface area contributed by atoms with Crippen molar-refractivity contribution in [2.24, 2.45) is 0 Å². The van der Waals surface area contributed by atoms with Gasteiger partial charge in [0.15, 0.2) is 23.0 Å². The van der Waals surface area contributed by atoms with Crippen LogP contribution in [0.25, 0.3) is 22.1 Å². The van der Waals surface area contributed by atoms with Gasteiger partial charge in [-0.1, -0.05) is 35.3 Å². The number of aromatic amines is 2. The Hall–Kier alpha value is -6.54. The van der Waals surface area contributed by atoms with Crippen molar-refractivity contribution in [3.63, 3.8) is 0 Å². The third-order valence-electron chi connectivity index (χ3n) is 7.32. The minimum atomic E-state index is -1.06. The molecule has 4 heterocycles. The number of hydrogen-bond acceptors (Lipinski definition) is 12. The molecule has 0 bridgehead atoms. The molecule has 0 aliphatic rings. The molecule has 280 valence electrons. The summed E-state index contributed by atoms with van der Waals surface area (Å²) in [7, 11) is 3.29. The number of H-pyrrole nitrogens is 2. The van der Waals surface area contributed by atoms with Crippen molar-refractivity contribution in [3.8, 4) is 0 Å². The van der Waals surface area contributed by atoms with Crippen LogP contribution in [0.1, 0.15) is 32.1 Å². The largest absolute Gasteiger partial charge is 0.480 e. The van der Waals surface area contributed by atoms with Gasteiger partial charge < -0.3 is 31.3 Å². The fraction of sp³-hybridized carbons (Fsp3) is 0.188. The molecule has 0 saturated heterocycles. The number of carbonyl (C=O) groups excluding carboxylic acids is 3. The summed E-state index contributed by atoms with van der Waals surface area (Å²) in [6.07, 6.45) is 2.41. The molecule has 0 fully saturated rings. The minimum Gasteiger partial charge on any atom is -0.480 e. The molecule has 54 heavy (non-hydrogen) atoms. The summed E-state index contributed by atoms with van der Waals surface area (Å²) in [6.45, 7) is -0.0654. The van der Waals surface area contributed by atoms with Gasteiger partial charge in [0.05, 0.1) is 16.6 Å². The molecular weight excluding hydrogens is 755 g/mol. The zero-order valence-corrected chi connectivity index (χ0v) is 29.7. The van der Waals surface area contributed by atoms with Crippen LogP contribution in [0.5, 0.6) is 0 Å². The molecule has 3 amide bonds. The quantitative estimate of drug-likeness (QED) is 0.0944. The average Bonchev–Trinajstić information content (AvgIpc) is 3.78. The standard InChI is InChI=1S/C17H17ClFN7O2.C15H12ClFN6O3/c1-26(2)12(27)7-20-16-14-13(24-25-16)15(23-8-22-14)17(28)21-6-9-3-4-11(19)10(18)5-9;16-8-3-7(1-2-9(8)17)4-19-15(26)13-11-12(20-6-21-13)14(23-22-11)18-5-10(24)25/h3-5,8H,6-7H2,1-2H3,(H,21,28)(H2,20,24,25);1-3,6H,4-5H2,(H,19,26)(H,24,25)(H2,18,22,23). The predicted molar refractivity (Wildman–Crippen MR) is 192 cm³/mol. The molecule has 6 rings (SSSR count). The van der Waals surface area contributed by atoms with Crippen LogP contribution in [-0.2, 0) is 22.7 Å². The summed E-state index contributed by atoms with van der Waals surface area (Å²) in [5.41, 5.74) is 2.65. The van der Waals surface area contributed by atoms with E-state index in [0.717, 1.165) is 0 Å². The van der Waals surface area contributed by atoms with Crippen LogP contribution in [0, 0.1) is 11.6 Å². The lowest BCUT2D eigenvalue weighted by atomic mass is 10.2. The fourth-order valence-corrected chi connectivity index (χ4v) is 4.98. The normalized spacial score (nSPS) is 10.7. The summed E-state index contributed by atoms with van der Waals surface area (Å²) in [4.78, 5) is 64.7. The number of likely N-dealkylation sites (N-methyl/N-ethyl adjacent to an activating group) is 1. The van der Waals surface area contributed by atoms with Crippen LogP contribution in [0.15, 0.2) is 49.1 Å². The Morgan fingerprint density at radius 1 is 0.722 bits per heavy atom. The molecule has 0 unspecified atom stereocenters. The highest BCUT2D eigenvalue weighted by Crippen LogP contribution is 2.22. The number of carboxylic acids is 1. The van der Waals surface area contributed by atoms with E-state index < -0.39 is 29.4 Å². The van der Waals surface area contributed by atoms with Crippen molar-refractivity contribution in [3.05, 3.63) is 93.2 Å². The zero-order valence-electron chi connectivity index (χ0n) is 28.2. The zero-order chi connectivity index (χ0) is 38.9. The van der Waals surface area contributed by atoms with Crippen LogP contribution in [-0.4, -0.2) is 101 Å². The van der Waals surface area contributed by atoms with Crippen LogP contribution < -0.4 is 21.3 Å². The molecule has 0 spiro atoms. The molecule has 6 aromatic rings. The van der Waals surface area contributed by atoms with Gasteiger partial charge in [-0.15, -0.1) is 0 Å². The van der Waals surface area contributed by atoms with Gasteiger partial charge in [-0.05, 0) is 35.4 Å². The molecule has 22 heteroatoms. The van der Waals surface area contributed by atoms with Gasteiger partial charge in [-0.2, -0.15) is 10.2 Å². The van der Waals surface area contributed by atoms with E-state index in [9.17, 15) is 28.0 Å². The summed E-state index contributed by atoms with van der Waals surface area (Å²) >= 11 is 11.5.